The molecule has 0 aromatic heterocycles. The SMILES string of the molecule is COc1c(C2CCC2)ccc(C2=CCCN2)c1F. The summed E-state index contributed by atoms with van der Waals surface area (Å²) < 4.78 is 19.8. The molecule has 1 aromatic rings. The van der Waals surface area contributed by atoms with E-state index in [4.69, 9.17) is 4.74 Å². The Morgan fingerprint density at radius 3 is 2.72 bits per heavy atom. The van der Waals surface area contributed by atoms with E-state index >= 15 is 0 Å². The molecule has 0 atom stereocenters. The quantitative estimate of drug-likeness (QED) is 0.883. The van der Waals surface area contributed by atoms with Gasteiger partial charge in [-0.15, -0.1) is 0 Å². The Hall–Kier alpha value is -1.51. The van der Waals surface area contributed by atoms with E-state index in [9.17, 15) is 4.39 Å². The van der Waals surface area contributed by atoms with Gasteiger partial charge in [0.25, 0.3) is 0 Å². The van der Waals surface area contributed by atoms with Gasteiger partial charge in [-0.2, -0.15) is 0 Å². The summed E-state index contributed by atoms with van der Waals surface area (Å²) in [5, 5.41) is 3.21. The largest absolute Gasteiger partial charge is 0.493 e. The number of rotatable bonds is 3. The van der Waals surface area contributed by atoms with E-state index in [-0.39, 0.29) is 5.82 Å². The molecule has 1 N–H and O–H groups in total. The van der Waals surface area contributed by atoms with Crippen molar-refractivity contribution in [3.05, 3.63) is 35.2 Å². The fraction of sp³-hybridized carbons (Fsp3) is 0.467. The molecule has 1 aliphatic carbocycles. The highest BCUT2D eigenvalue weighted by atomic mass is 19.1. The third-order valence-corrected chi connectivity index (χ3v) is 3.98. The third kappa shape index (κ3) is 1.78. The highest BCUT2D eigenvalue weighted by Crippen LogP contribution is 2.43. The average Bonchev–Trinajstić information content (AvgIpc) is 2.81. The summed E-state index contributed by atoms with van der Waals surface area (Å²) in [6.45, 7) is 0.890. The van der Waals surface area contributed by atoms with Gasteiger partial charge in [-0.1, -0.05) is 18.6 Å². The van der Waals surface area contributed by atoms with Crippen LogP contribution >= 0.6 is 0 Å². The molecule has 2 aliphatic rings. The summed E-state index contributed by atoms with van der Waals surface area (Å²) in [5.74, 6) is 0.698. The van der Waals surface area contributed by atoms with Crippen LogP contribution in [0.25, 0.3) is 5.70 Å². The minimum Gasteiger partial charge on any atom is -0.493 e. The maximum absolute atomic E-state index is 14.5. The molecular formula is C15H18FNO. The number of hydrogen-bond donors (Lipinski definition) is 1. The number of ether oxygens (including phenoxy) is 1. The first-order valence-electron chi connectivity index (χ1n) is 6.62. The first-order chi connectivity index (χ1) is 8.81. The maximum atomic E-state index is 14.5. The van der Waals surface area contributed by atoms with E-state index in [1.165, 1.54) is 6.42 Å². The van der Waals surface area contributed by atoms with Crippen LogP contribution < -0.4 is 10.1 Å². The predicted molar refractivity (Wildman–Crippen MR) is 70.1 cm³/mol. The van der Waals surface area contributed by atoms with E-state index < -0.39 is 0 Å². The Morgan fingerprint density at radius 2 is 2.17 bits per heavy atom. The highest BCUT2D eigenvalue weighted by Gasteiger charge is 2.26. The van der Waals surface area contributed by atoms with Crippen LogP contribution in [0.15, 0.2) is 18.2 Å². The summed E-state index contributed by atoms with van der Waals surface area (Å²) in [5.41, 5.74) is 2.56. The van der Waals surface area contributed by atoms with Crippen molar-refractivity contribution < 1.29 is 9.13 Å². The van der Waals surface area contributed by atoms with Crippen LogP contribution in [0.2, 0.25) is 0 Å². The van der Waals surface area contributed by atoms with Gasteiger partial charge < -0.3 is 10.1 Å². The second-order valence-corrected chi connectivity index (χ2v) is 5.01. The summed E-state index contributed by atoms with van der Waals surface area (Å²) in [7, 11) is 1.56. The second-order valence-electron chi connectivity index (χ2n) is 5.01. The van der Waals surface area contributed by atoms with Gasteiger partial charge in [0, 0.05) is 23.4 Å². The van der Waals surface area contributed by atoms with Gasteiger partial charge in [0.15, 0.2) is 11.6 Å². The van der Waals surface area contributed by atoms with Gasteiger partial charge in [0.05, 0.1) is 7.11 Å². The first kappa shape index (κ1) is 11.6. The lowest BCUT2D eigenvalue weighted by Crippen LogP contribution is -2.13. The first-order valence-corrected chi connectivity index (χ1v) is 6.62. The molecule has 0 radical (unpaired) electrons. The molecular weight excluding hydrogens is 229 g/mol. The Bertz CT molecular complexity index is 492. The Morgan fingerprint density at radius 1 is 1.33 bits per heavy atom. The number of nitrogens with one attached hydrogen (secondary N) is 1. The average molecular weight is 247 g/mol. The minimum absolute atomic E-state index is 0.220. The van der Waals surface area contributed by atoms with Crippen LogP contribution in [0.5, 0.6) is 5.75 Å². The van der Waals surface area contributed by atoms with E-state index in [2.05, 4.69) is 5.32 Å². The van der Waals surface area contributed by atoms with Gasteiger partial charge in [-0.3, -0.25) is 0 Å². The van der Waals surface area contributed by atoms with Gasteiger partial charge in [0.2, 0.25) is 0 Å². The van der Waals surface area contributed by atoms with Crippen molar-refractivity contribution in [3.8, 4) is 5.75 Å². The third-order valence-electron chi connectivity index (χ3n) is 3.98. The van der Waals surface area contributed by atoms with E-state index in [0.29, 0.717) is 17.2 Å². The molecule has 1 heterocycles. The Balaban J connectivity index is 2.02. The summed E-state index contributed by atoms with van der Waals surface area (Å²) >= 11 is 0. The molecule has 0 bridgehead atoms. The number of halogens is 1. The lowest BCUT2D eigenvalue weighted by Gasteiger charge is -2.28. The zero-order valence-electron chi connectivity index (χ0n) is 10.6. The minimum atomic E-state index is -0.220. The zero-order valence-corrected chi connectivity index (χ0v) is 10.6. The molecule has 0 saturated heterocycles. The highest BCUT2D eigenvalue weighted by molar-refractivity contribution is 5.68. The predicted octanol–water partition coefficient (Wildman–Crippen LogP) is 3.44. The maximum Gasteiger partial charge on any atom is 0.174 e. The monoisotopic (exact) mass is 247 g/mol. The molecule has 3 rings (SSSR count). The molecule has 2 nitrogen and oxygen atoms in total. The number of hydrogen-bond acceptors (Lipinski definition) is 2. The van der Waals surface area contributed by atoms with Crippen LogP contribution in [0.1, 0.15) is 42.7 Å². The number of methoxy groups -OCH3 is 1. The van der Waals surface area contributed by atoms with Gasteiger partial charge >= 0.3 is 0 Å². The molecule has 0 amide bonds. The topological polar surface area (TPSA) is 21.3 Å². The summed E-state index contributed by atoms with van der Waals surface area (Å²) in [4.78, 5) is 0. The van der Waals surface area contributed by atoms with Crippen molar-refractivity contribution in [1.82, 2.24) is 5.32 Å². The molecule has 18 heavy (non-hydrogen) atoms. The molecule has 0 spiro atoms. The van der Waals surface area contributed by atoms with E-state index in [1.807, 2.05) is 18.2 Å². The smallest absolute Gasteiger partial charge is 0.174 e. The van der Waals surface area contributed by atoms with Crippen LogP contribution in [-0.2, 0) is 0 Å². The van der Waals surface area contributed by atoms with Crippen molar-refractivity contribution in [2.45, 2.75) is 31.6 Å². The molecule has 0 unspecified atom stereocenters. The van der Waals surface area contributed by atoms with Crippen LogP contribution in [0, 0.1) is 5.82 Å². The fourth-order valence-corrected chi connectivity index (χ4v) is 2.73. The van der Waals surface area contributed by atoms with Crippen molar-refractivity contribution in [2.24, 2.45) is 0 Å². The molecule has 1 aliphatic heterocycles. The van der Waals surface area contributed by atoms with Crippen molar-refractivity contribution in [3.63, 3.8) is 0 Å². The van der Waals surface area contributed by atoms with Gasteiger partial charge in [-0.05, 0) is 31.2 Å². The Kier molecular flexibility index (Phi) is 2.98. The second kappa shape index (κ2) is 4.63. The van der Waals surface area contributed by atoms with Crippen LogP contribution in [0.4, 0.5) is 4.39 Å². The standard InChI is InChI=1S/C15H18FNO/c1-18-15-11(10-4-2-5-10)7-8-12(14(15)16)13-6-3-9-17-13/h6-8,10,17H,2-5,9H2,1H3. The van der Waals surface area contributed by atoms with Gasteiger partial charge in [0.1, 0.15) is 0 Å². The molecule has 1 fully saturated rings. The Labute approximate surface area is 107 Å². The van der Waals surface area contributed by atoms with Crippen molar-refractivity contribution >= 4 is 5.70 Å². The lowest BCUT2D eigenvalue weighted by atomic mass is 9.79. The summed E-state index contributed by atoms with van der Waals surface area (Å²) in [6.07, 6.45) is 6.54. The normalized spacial score (nSPS) is 19.1. The fourth-order valence-electron chi connectivity index (χ4n) is 2.73. The zero-order chi connectivity index (χ0) is 12.5. The van der Waals surface area contributed by atoms with Crippen LogP contribution in [-0.4, -0.2) is 13.7 Å². The summed E-state index contributed by atoms with van der Waals surface area (Å²) in [6, 6.07) is 3.91. The number of benzene rings is 1. The van der Waals surface area contributed by atoms with Crippen molar-refractivity contribution in [1.29, 1.82) is 0 Å². The van der Waals surface area contributed by atoms with E-state index in [0.717, 1.165) is 37.1 Å². The van der Waals surface area contributed by atoms with Gasteiger partial charge in [-0.25, -0.2) is 4.39 Å². The van der Waals surface area contributed by atoms with Crippen molar-refractivity contribution in [2.75, 3.05) is 13.7 Å². The molecule has 1 saturated carbocycles. The molecule has 1 aromatic carbocycles. The molecule has 96 valence electrons. The molecule has 3 heteroatoms. The van der Waals surface area contributed by atoms with Crippen LogP contribution in [0.3, 0.4) is 0 Å². The van der Waals surface area contributed by atoms with E-state index in [1.54, 1.807) is 7.11 Å². The lowest BCUT2D eigenvalue weighted by molar-refractivity contribution is 0.354.